The third-order valence-corrected chi connectivity index (χ3v) is 6.04. The topological polar surface area (TPSA) is 81.4 Å². The van der Waals surface area contributed by atoms with Crippen molar-refractivity contribution in [1.29, 1.82) is 0 Å². The maximum Gasteiger partial charge on any atom is 0.335 e. The Bertz CT molecular complexity index is 1440. The van der Waals surface area contributed by atoms with Crippen molar-refractivity contribution in [2.24, 2.45) is 0 Å². The van der Waals surface area contributed by atoms with Gasteiger partial charge in [-0.05, 0) is 72.4 Å². The number of nitrogens with zero attached hydrogens (tertiary/aromatic N) is 2. The fourth-order valence-electron chi connectivity index (χ4n) is 4.24. The highest BCUT2D eigenvalue weighted by Crippen LogP contribution is 2.27. The minimum absolute atomic E-state index is 0.120. The molecule has 0 unspecified atom stereocenters. The molecule has 5 rings (SSSR count). The number of fused-ring (bicyclic) bond motifs is 2. The van der Waals surface area contributed by atoms with Crippen molar-refractivity contribution in [3.63, 3.8) is 0 Å². The number of carboxylic acids is 1. The van der Waals surface area contributed by atoms with Crippen molar-refractivity contribution < 1.29 is 14.6 Å². The molecule has 0 saturated carbocycles. The van der Waals surface area contributed by atoms with Gasteiger partial charge in [-0.3, -0.25) is 9.36 Å². The average molecular weight is 453 g/mol. The van der Waals surface area contributed by atoms with E-state index in [9.17, 15) is 14.7 Å². The zero-order chi connectivity index (χ0) is 23.5. The highest BCUT2D eigenvalue weighted by atomic mass is 16.5. The van der Waals surface area contributed by atoms with Gasteiger partial charge in [0.2, 0.25) is 0 Å². The van der Waals surface area contributed by atoms with E-state index in [0.717, 1.165) is 41.7 Å². The molecule has 0 radical (unpaired) electrons. The van der Waals surface area contributed by atoms with Crippen molar-refractivity contribution in [1.82, 2.24) is 9.55 Å². The Morgan fingerprint density at radius 1 is 1.03 bits per heavy atom. The fraction of sp³-hybridized carbons (Fsp3) is 0.179. The first kappa shape index (κ1) is 21.6. The lowest BCUT2D eigenvalue weighted by Gasteiger charge is -2.13. The Morgan fingerprint density at radius 2 is 1.82 bits per heavy atom. The number of hydrogen-bond donors (Lipinski definition) is 1. The van der Waals surface area contributed by atoms with Crippen molar-refractivity contribution >= 4 is 28.5 Å². The molecule has 0 saturated heterocycles. The van der Waals surface area contributed by atoms with Crippen LogP contribution in [0, 0.1) is 0 Å². The minimum Gasteiger partial charge on any atom is -0.489 e. The van der Waals surface area contributed by atoms with Gasteiger partial charge in [0.05, 0.1) is 16.5 Å². The zero-order valence-electron chi connectivity index (χ0n) is 18.6. The molecule has 1 aliphatic rings. The van der Waals surface area contributed by atoms with Crippen LogP contribution in [0.1, 0.15) is 46.6 Å². The second kappa shape index (κ2) is 9.35. The summed E-state index contributed by atoms with van der Waals surface area (Å²) >= 11 is 0. The van der Waals surface area contributed by atoms with Crippen molar-refractivity contribution in [3.8, 4) is 5.75 Å². The number of aromatic carboxylic acids is 1. The number of hydrogen-bond acceptors (Lipinski definition) is 4. The molecular formula is C28H24N2O4. The normalized spacial score (nSPS) is 14.5. The molecule has 34 heavy (non-hydrogen) atoms. The number of carboxylic acid groups (broad SMARTS) is 1. The molecule has 6 heteroatoms. The Labute approximate surface area is 196 Å². The molecule has 0 spiro atoms. The lowest BCUT2D eigenvalue weighted by Crippen LogP contribution is -2.24. The lowest BCUT2D eigenvalue weighted by atomic mass is 10.0. The number of ether oxygens (including phenoxy) is 1. The van der Waals surface area contributed by atoms with Crippen LogP contribution in [-0.4, -0.2) is 20.6 Å². The first-order valence-electron chi connectivity index (χ1n) is 11.3. The van der Waals surface area contributed by atoms with E-state index in [1.54, 1.807) is 10.6 Å². The second-order valence-corrected chi connectivity index (χ2v) is 8.40. The van der Waals surface area contributed by atoms with E-state index < -0.39 is 5.97 Å². The van der Waals surface area contributed by atoms with Gasteiger partial charge in [0.1, 0.15) is 18.2 Å². The molecule has 1 aliphatic heterocycles. The van der Waals surface area contributed by atoms with Crippen LogP contribution in [0.15, 0.2) is 77.6 Å². The highest BCUT2D eigenvalue weighted by Gasteiger charge is 2.18. The summed E-state index contributed by atoms with van der Waals surface area (Å²) in [6.07, 6.45) is 4.68. The van der Waals surface area contributed by atoms with Crippen LogP contribution in [-0.2, 0) is 13.2 Å². The predicted molar refractivity (Wildman–Crippen MR) is 132 cm³/mol. The van der Waals surface area contributed by atoms with Gasteiger partial charge in [-0.15, -0.1) is 0 Å². The standard InChI is InChI=1S/C28H24N2O4/c31-27-24-14-11-22(28(32)33)17-25(24)29-26-21(8-4-5-15-30(26)27)16-19-9-12-23(13-10-19)34-18-20-6-2-1-3-7-20/h1-3,6-7,9-14,16-17H,4-5,8,15,18H2,(H,32,33)/b21-16-. The average Bonchev–Trinajstić information content (AvgIpc) is 3.06. The SMILES string of the molecule is O=C(O)c1ccc2c(=O)n3c(nc2c1)/C(=C\c1ccc(OCc2ccccc2)cc1)CCCC3. The van der Waals surface area contributed by atoms with Crippen molar-refractivity contribution in [3.05, 3.63) is 106 Å². The first-order chi connectivity index (χ1) is 16.6. The first-order valence-corrected chi connectivity index (χ1v) is 11.3. The predicted octanol–water partition coefficient (Wildman–Crippen LogP) is 5.40. The van der Waals surface area contributed by atoms with Crippen LogP contribution in [0.3, 0.4) is 0 Å². The third kappa shape index (κ3) is 4.48. The number of carbonyl (C=O) groups is 1. The summed E-state index contributed by atoms with van der Waals surface area (Å²) in [6.45, 7) is 1.11. The van der Waals surface area contributed by atoms with E-state index >= 15 is 0 Å². The quantitative estimate of drug-likeness (QED) is 0.439. The molecule has 1 N–H and O–H groups in total. The summed E-state index contributed by atoms with van der Waals surface area (Å²) in [5.41, 5.74) is 3.47. The largest absolute Gasteiger partial charge is 0.489 e. The monoisotopic (exact) mass is 452 g/mol. The summed E-state index contributed by atoms with van der Waals surface area (Å²) in [7, 11) is 0. The number of allylic oxidation sites excluding steroid dienone is 1. The zero-order valence-corrected chi connectivity index (χ0v) is 18.6. The molecule has 0 aliphatic carbocycles. The Balaban J connectivity index is 1.47. The van der Waals surface area contributed by atoms with Crippen LogP contribution in [0.25, 0.3) is 22.6 Å². The van der Waals surface area contributed by atoms with E-state index in [-0.39, 0.29) is 11.1 Å². The molecule has 0 bridgehead atoms. The number of rotatable bonds is 5. The molecule has 4 aromatic rings. The number of benzene rings is 3. The molecule has 6 nitrogen and oxygen atoms in total. The Hall–Kier alpha value is -4.19. The summed E-state index contributed by atoms with van der Waals surface area (Å²) in [4.78, 5) is 29.3. The molecule has 0 atom stereocenters. The number of aromatic nitrogens is 2. The van der Waals surface area contributed by atoms with Crippen LogP contribution in [0.2, 0.25) is 0 Å². The van der Waals surface area contributed by atoms with Gasteiger partial charge in [-0.1, -0.05) is 42.5 Å². The van der Waals surface area contributed by atoms with E-state index in [4.69, 9.17) is 9.72 Å². The maximum absolute atomic E-state index is 13.2. The molecule has 3 aromatic carbocycles. The minimum atomic E-state index is -1.04. The van der Waals surface area contributed by atoms with Gasteiger partial charge >= 0.3 is 5.97 Å². The Morgan fingerprint density at radius 3 is 2.59 bits per heavy atom. The van der Waals surface area contributed by atoms with E-state index in [2.05, 4.69) is 6.08 Å². The van der Waals surface area contributed by atoms with Gasteiger partial charge in [-0.25, -0.2) is 9.78 Å². The van der Waals surface area contributed by atoms with Crippen molar-refractivity contribution in [2.45, 2.75) is 32.4 Å². The van der Waals surface area contributed by atoms with Gasteiger partial charge < -0.3 is 9.84 Å². The van der Waals surface area contributed by atoms with Crippen LogP contribution >= 0.6 is 0 Å². The molecule has 2 heterocycles. The smallest absolute Gasteiger partial charge is 0.335 e. The summed E-state index contributed by atoms with van der Waals surface area (Å²) < 4.78 is 7.60. The van der Waals surface area contributed by atoms with E-state index in [1.165, 1.54) is 12.1 Å². The second-order valence-electron chi connectivity index (χ2n) is 8.40. The molecule has 1 aromatic heterocycles. The van der Waals surface area contributed by atoms with Crippen LogP contribution in [0.4, 0.5) is 0 Å². The van der Waals surface area contributed by atoms with Crippen LogP contribution in [0.5, 0.6) is 5.75 Å². The van der Waals surface area contributed by atoms with Gasteiger partial charge in [0, 0.05) is 6.54 Å². The van der Waals surface area contributed by atoms with Gasteiger partial charge in [-0.2, -0.15) is 0 Å². The summed E-state index contributed by atoms with van der Waals surface area (Å²) in [6, 6.07) is 22.4. The van der Waals surface area contributed by atoms with E-state index in [0.29, 0.717) is 29.9 Å². The maximum atomic E-state index is 13.2. The third-order valence-electron chi connectivity index (χ3n) is 6.04. The molecular weight excluding hydrogens is 428 g/mol. The lowest BCUT2D eigenvalue weighted by molar-refractivity contribution is 0.0697. The van der Waals surface area contributed by atoms with Gasteiger partial charge in [0.15, 0.2) is 0 Å². The molecule has 0 fully saturated rings. The molecule has 0 amide bonds. The highest BCUT2D eigenvalue weighted by molar-refractivity contribution is 5.93. The molecule has 170 valence electrons. The Kier molecular flexibility index (Phi) is 5.95. The summed E-state index contributed by atoms with van der Waals surface area (Å²) in [5, 5.41) is 9.78. The fourth-order valence-corrected chi connectivity index (χ4v) is 4.24. The van der Waals surface area contributed by atoms with E-state index in [1.807, 2.05) is 54.6 Å². The van der Waals surface area contributed by atoms with Crippen LogP contribution < -0.4 is 10.3 Å². The van der Waals surface area contributed by atoms with Crippen molar-refractivity contribution in [2.75, 3.05) is 0 Å². The summed E-state index contributed by atoms with van der Waals surface area (Å²) in [5.74, 6) is 0.361. The van der Waals surface area contributed by atoms with Gasteiger partial charge in [0.25, 0.3) is 5.56 Å².